The molecule has 0 bridgehead atoms. The molecule has 0 heterocycles. The van der Waals surface area contributed by atoms with Gasteiger partial charge in [-0.1, -0.05) is 90.0 Å². The molecule has 2 heteroatoms. The zero-order valence-electron chi connectivity index (χ0n) is 24.3. The van der Waals surface area contributed by atoms with E-state index < -0.39 is 0 Å². The Morgan fingerprint density at radius 1 is 1.28 bits per heavy atom. The van der Waals surface area contributed by atoms with E-state index in [0.717, 1.165) is 62.7 Å². The highest BCUT2D eigenvalue weighted by atomic mass is 16.5. The molecule has 0 fully saturated rings. The van der Waals surface area contributed by atoms with Gasteiger partial charge in [-0.3, -0.25) is 4.79 Å². The van der Waals surface area contributed by atoms with Gasteiger partial charge in [0, 0.05) is 12.3 Å². The van der Waals surface area contributed by atoms with Crippen molar-refractivity contribution in [3.05, 3.63) is 71.1 Å². The van der Waals surface area contributed by atoms with Crippen LogP contribution in [0.3, 0.4) is 0 Å². The molecular weight excluding hydrogens is 440 g/mol. The summed E-state index contributed by atoms with van der Waals surface area (Å²) in [7, 11) is 0. The summed E-state index contributed by atoms with van der Waals surface area (Å²) in [5.41, 5.74) is 5.39. The highest BCUT2D eigenvalue weighted by Crippen LogP contribution is 2.39. The number of hydrogen-bond donors (Lipinski definition) is 0. The minimum absolute atomic E-state index is 0.104. The molecule has 0 unspecified atom stereocenters. The predicted octanol–water partition coefficient (Wildman–Crippen LogP) is 9.86. The quantitative estimate of drug-likeness (QED) is 0.225. The molecule has 0 aromatic rings. The van der Waals surface area contributed by atoms with E-state index in [9.17, 15) is 4.79 Å². The molecule has 200 valence electrons. The van der Waals surface area contributed by atoms with Crippen LogP contribution in [0.2, 0.25) is 0 Å². The highest BCUT2D eigenvalue weighted by molar-refractivity contribution is 5.81. The van der Waals surface area contributed by atoms with E-state index in [1.807, 2.05) is 6.92 Å². The molecule has 0 radical (unpaired) electrons. The van der Waals surface area contributed by atoms with Crippen LogP contribution in [0.1, 0.15) is 106 Å². The monoisotopic (exact) mass is 492 g/mol. The van der Waals surface area contributed by atoms with Crippen molar-refractivity contribution in [1.82, 2.24) is 0 Å². The van der Waals surface area contributed by atoms with Gasteiger partial charge < -0.3 is 4.74 Å². The van der Waals surface area contributed by atoms with Gasteiger partial charge in [-0.05, 0) is 92.4 Å². The maximum atomic E-state index is 13.1. The molecule has 3 atom stereocenters. The molecule has 2 nitrogen and oxygen atoms in total. The van der Waals surface area contributed by atoms with Crippen LogP contribution in [-0.4, -0.2) is 12.4 Å². The van der Waals surface area contributed by atoms with E-state index in [4.69, 9.17) is 4.74 Å². The Morgan fingerprint density at radius 3 is 2.64 bits per heavy atom. The van der Waals surface area contributed by atoms with E-state index in [-0.39, 0.29) is 11.3 Å². The van der Waals surface area contributed by atoms with Gasteiger partial charge in [0.15, 0.2) is 0 Å². The highest BCUT2D eigenvalue weighted by Gasteiger charge is 2.33. The zero-order valence-corrected chi connectivity index (χ0v) is 24.3. The number of carbonyl (C=O) groups is 1. The molecule has 2 aliphatic rings. The lowest BCUT2D eigenvalue weighted by molar-refractivity contribution is -0.124. The van der Waals surface area contributed by atoms with Gasteiger partial charge in [-0.2, -0.15) is 0 Å². The maximum Gasteiger partial charge on any atom is 0.136 e. The van der Waals surface area contributed by atoms with Crippen molar-refractivity contribution in [2.45, 2.75) is 106 Å². The topological polar surface area (TPSA) is 26.3 Å². The first-order valence-electron chi connectivity index (χ1n) is 14.3. The van der Waals surface area contributed by atoms with Crippen LogP contribution in [0, 0.1) is 23.2 Å². The van der Waals surface area contributed by atoms with Crippen molar-refractivity contribution in [3.8, 4) is 0 Å². The Bertz CT molecular complexity index is 900. The number of Topliss-reactive ketones (excluding diaryl/α,β-unsaturated/α-hetero) is 1. The third kappa shape index (κ3) is 10.1. The van der Waals surface area contributed by atoms with Crippen molar-refractivity contribution < 1.29 is 9.53 Å². The fourth-order valence-corrected chi connectivity index (χ4v) is 5.69. The number of rotatable bonds is 14. The maximum absolute atomic E-state index is 13.1. The summed E-state index contributed by atoms with van der Waals surface area (Å²) < 4.78 is 6.23. The van der Waals surface area contributed by atoms with Crippen LogP contribution in [0.25, 0.3) is 0 Å². The summed E-state index contributed by atoms with van der Waals surface area (Å²) in [6.07, 6.45) is 22.4. The second-order valence-corrected chi connectivity index (χ2v) is 12.2. The van der Waals surface area contributed by atoms with Crippen LogP contribution >= 0.6 is 0 Å². The smallest absolute Gasteiger partial charge is 0.136 e. The third-order valence-corrected chi connectivity index (χ3v) is 7.52. The number of allylic oxidation sites excluding steroid dienone is 8. The van der Waals surface area contributed by atoms with Gasteiger partial charge >= 0.3 is 0 Å². The van der Waals surface area contributed by atoms with E-state index >= 15 is 0 Å². The minimum atomic E-state index is 0.104. The molecule has 2 rings (SSSR count). The van der Waals surface area contributed by atoms with Crippen molar-refractivity contribution in [2.24, 2.45) is 23.2 Å². The van der Waals surface area contributed by atoms with Crippen molar-refractivity contribution in [1.29, 1.82) is 0 Å². The van der Waals surface area contributed by atoms with Crippen molar-refractivity contribution in [3.63, 3.8) is 0 Å². The lowest BCUT2D eigenvalue weighted by Gasteiger charge is -2.33. The summed E-state index contributed by atoms with van der Waals surface area (Å²) >= 11 is 0. The minimum Gasteiger partial charge on any atom is -0.489 e. The molecule has 0 amide bonds. The van der Waals surface area contributed by atoms with Crippen LogP contribution in [0.15, 0.2) is 71.1 Å². The van der Waals surface area contributed by atoms with Crippen LogP contribution in [0.5, 0.6) is 0 Å². The molecule has 0 spiro atoms. The van der Waals surface area contributed by atoms with E-state index in [1.54, 1.807) is 0 Å². The van der Waals surface area contributed by atoms with Crippen LogP contribution < -0.4 is 0 Å². The first kappa shape index (κ1) is 30.1. The molecule has 0 saturated heterocycles. The number of hydrogen-bond acceptors (Lipinski definition) is 2. The Balaban J connectivity index is 2.04. The summed E-state index contributed by atoms with van der Waals surface area (Å²) in [5.74, 6) is 2.29. The van der Waals surface area contributed by atoms with E-state index in [0.29, 0.717) is 30.6 Å². The summed E-state index contributed by atoms with van der Waals surface area (Å²) in [4.78, 5) is 13.1. The SMILES string of the molecule is C=C(COC1=CC[C@@H]([C@H](C[C@@H](C)CC(C)(C)C)C(=O)CC)C(CCC)=C1)/C(C)=C\CC1=CC=CCC1. The van der Waals surface area contributed by atoms with Crippen molar-refractivity contribution >= 4 is 5.78 Å². The Kier molecular flexibility index (Phi) is 12.2. The Labute approximate surface area is 222 Å². The molecular formula is C34H52O2. The molecule has 0 aliphatic heterocycles. The fourth-order valence-electron chi connectivity index (χ4n) is 5.69. The van der Waals surface area contributed by atoms with Gasteiger partial charge in [0.2, 0.25) is 0 Å². The molecule has 36 heavy (non-hydrogen) atoms. The number of carbonyl (C=O) groups excluding carboxylic acids is 1. The normalized spacial score (nSPS) is 20.2. The Morgan fingerprint density at radius 2 is 2.03 bits per heavy atom. The van der Waals surface area contributed by atoms with Gasteiger partial charge in [-0.15, -0.1) is 0 Å². The molecule has 2 aliphatic carbocycles. The average molecular weight is 493 g/mol. The number of ether oxygens (including phenoxy) is 1. The van der Waals surface area contributed by atoms with Gasteiger partial charge in [-0.25, -0.2) is 0 Å². The second kappa shape index (κ2) is 14.6. The van der Waals surface area contributed by atoms with Gasteiger partial charge in [0.25, 0.3) is 0 Å². The van der Waals surface area contributed by atoms with Crippen LogP contribution in [-0.2, 0) is 9.53 Å². The summed E-state index contributed by atoms with van der Waals surface area (Å²) in [5, 5.41) is 0. The zero-order chi connectivity index (χ0) is 26.7. The lowest BCUT2D eigenvalue weighted by Crippen LogP contribution is -2.29. The third-order valence-electron chi connectivity index (χ3n) is 7.52. The fraction of sp³-hybridized carbons (Fsp3) is 0.618. The van der Waals surface area contributed by atoms with Gasteiger partial charge in [0.05, 0.1) is 0 Å². The molecule has 0 aromatic carbocycles. The summed E-state index contributed by atoms with van der Waals surface area (Å²) in [6, 6.07) is 0. The van der Waals surface area contributed by atoms with Crippen LogP contribution in [0.4, 0.5) is 0 Å². The van der Waals surface area contributed by atoms with E-state index in [2.05, 4.69) is 84.6 Å². The Hall–Kier alpha value is -2.09. The van der Waals surface area contributed by atoms with E-state index in [1.165, 1.54) is 16.7 Å². The predicted molar refractivity (Wildman–Crippen MR) is 156 cm³/mol. The molecule has 0 saturated carbocycles. The van der Waals surface area contributed by atoms with Gasteiger partial charge in [0.1, 0.15) is 18.1 Å². The van der Waals surface area contributed by atoms with Crippen molar-refractivity contribution in [2.75, 3.05) is 6.61 Å². The lowest BCUT2D eigenvalue weighted by atomic mass is 9.71. The molecule has 0 aromatic heterocycles. The largest absolute Gasteiger partial charge is 0.489 e. The standard InChI is InChI=1S/C34H52O2/c1-9-14-29-22-30(36-24-27(5)26(4)17-18-28-15-12-11-13-16-28)19-20-31(29)32(33(35)10-2)21-25(3)23-34(6,7)8/h11-12,15,17,19,22,25,31-32H,5,9-10,13-14,16,18,20-21,23-24H2,1-4,6-8H3/b26-17-/t25-,31-,32+/m1/s1. The molecule has 0 N–H and O–H groups in total. The average Bonchev–Trinajstić information content (AvgIpc) is 2.84. The first-order valence-corrected chi connectivity index (χ1v) is 14.3. The summed E-state index contributed by atoms with van der Waals surface area (Å²) in [6.45, 7) is 20.4. The number of ketones is 1. The second-order valence-electron chi connectivity index (χ2n) is 12.2. The first-order chi connectivity index (χ1) is 17.0.